The van der Waals surface area contributed by atoms with Gasteiger partial charge in [0, 0.05) is 58.1 Å². The summed E-state index contributed by atoms with van der Waals surface area (Å²) in [7, 11) is 0. The third kappa shape index (κ3) is 6.84. The molecule has 0 aliphatic rings. The van der Waals surface area contributed by atoms with E-state index in [-0.39, 0.29) is 33.8 Å². The molecule has 0 atom stereocenters. The molecular weight excluding hydrogens is 1010 g/mol. The lowest BCUT2D eigenvalue weighted by Gasteiger charge is -2.23. The maximum absolute atomic E-state index is 12.0. The molecule has 16 rings (SSSR count). The van der Waals surface area contributed by atoms with E-state index in [0.29, 0.717) is 0 Å². The summed E-state index contributed by atoms with van der Waals surface area (Å²) < 4.78 is 56.3. The van der Waals surface area contributed by atoms with Crippen molar-refractivity contribution in [2.75, 3.05) is 0 Å². The molecular formula is C74H42N4S2. The molecule has 0 spiro atoms. The van der Waals surface area contributed by atoms with Gasteiger partial charge in [-0.1, -0.05) is 224 Å². The molecule has 0 saturated heterocycles. The molecule has 0 N–H and O–H groups in total. The highest BCUT2D eigenvalue weighted by atomic mass is 32.1. The first-order valence-corrected chi connectivity index (χ1v) is 28.0. The van der Waals surface area contributed by atoms with Gasteiger partial charge >= 0.3 is 0 Å². The number of thiophene rings is 2. The average molecular weight is 1060 g/mol. The Morgan fingerprint density at radius 1 is 0.400 bits per heavy atom. The first-order chi connectivity index (χ1) is 41.7. The van der Waals surface area contributed by atoms with Crippen molar-refractivity contribution in [2.24, 2.45) is 0 Å². The molecule has 0 amide bonds. The molecule has 12 aromatic carbocycles. The van der Waals surface area contributed by atoms with Crippen LogP contribution in [-0.4, -0.2) is 9.13 Å². The number of rotatable bonds is 7. The van der Waals surface area contributed by atoms with Crippen molar-refractivity contribution in [2.45, 2.75) is 0 Å². The quantitative estimate of drug-likeness (QED) is 0.147. The summed E-state index contributed by atoms with van der Waals surface area (Å²) in [4.78, 5) is 4.35. The van der Waals surface area contributed by atoms with Crippen molar-refractivity contribution in [3.8, 4) is 73.1 Å². The van der Waals surface area contributed by atoms with Crippen LogP contribution in [0.5, 0.6) is 0 Å². The molecule has 6 heteroatoms. The van der Waals surface area contributed by atoms with E-state index < -0.39 is 30.2 Å². The lowest BCUT2D eigenvalue weighted by molar-refractivity contribution is 1.14. The Balaban J connectivity index is 1.14. The molecule has 80 heavy (non-hydrogen) atoms. The summed E-state index contributed by atoms with van der Waals surface area (Å²) >= 11 is 3.29. The SMILES string of the molecule is [2H]c1c([2H])c([2H])c(-c2c(-n3c4cc(-c5ccccc5-c5ccccc5)ccc4c4ccc5c6ccccc6sc5c43)c(C#N)cc([N+]#[C-])c2-n2c3cc(-c4ccccc4-c4ccccc4)ccc3c3ccc4c5ccccc5sc4c32)c([2H])c1[2H]. The lowest BCUT2D eigenvalue weighted by atomic mass is 9.93. The summed E-state index contributed by atoms with van der Waals surface area (Å²) in [6.45, 7) is 9.30. The third-order valence-electron chi connectivity index (χ3n) is 15.9. The molecule has 4 aromatic heterocycles. The predicted molar refractivity (Wildman–Crippen MR) is 339 cm³/mol. The van der Waals surface area contributed by atoms with E-state index >= 15 is 0 Å². The summed E-state index contributed by atoms with van der Waals surface area (Å²) in [5.74, 6) is 0. The van der Waals surface area contributed by atoms with Gasteiger partial charge in [-0.15, -0.1) is 22.7 Å². The van der Waals surface area contributed by atoms with Gasteiger partial charge in [-0.05, 0) is 80.4 Å². The van der Waals surface area contributed by atoms with E-state index in [1.807, 2.05) is 84.9 Å². The Morgan fingerprint density at radius 2 is 0.825 bits per heavy atom. The van der Waals surface area contributed by atoms with Gasteiger partial charge in [0.15, 0.2) is 0 Å². The first-order valence-electron chi connectivity index (χ1n) is 28.8. The van der Waals surface area contributed by atoms with E-state index in [2.05, 4.69) is 154 Å². The monoisotopic (exact) mass is 1060 g/mol. The van der Waals surface area contributed by atoms with E-state index in [0.717, 1.165) is 128 Å². The van der Waals surface area contributed by atoms with Gasteiger partial charge in [0.25, 0.3) is 0 Å². The largest absolute Gasteiger partial charge is 0.317 e. The fourth-order valence-electron chi connectivity index (χ4n) is 12.5. The van der Waals surface area contributed by atoms with Gasteiger partial charge < -0.3 is 9.13 Å². The number of fused-ring (bicyclic) bond motifs is 14. The third-order valence-corrected chi connectivity index (χ3v) is 18.3. The summed E-state index contributed by atoms with van der Waals surface area (Å²) in [5, 5.41) is 19.7. The van der Waals surface area contributed by atoms with Crippen LogP contribution in [0.3, 0.4) is 0 Å². The molecule has 0 aliphatic heterocycles. The molecule has 0 saturated carbocycles. The maximum Gasteiger partial charge on any atom is 0.212 e. The molecule has 0 fully saturated rings. The minimum absolute atomic E-state index is 0.0689. The smallest absolute Gasteiger partial charge is 0.212 e. The van der Waals surface area contributed by atoms with Gasteiger partial charge in [-0.2, -0.15) is 5.26 Å². The van der Waals surface area contributed by atoms with E-state index in [4.69, 9.17) is 1.37 Å². The van der Waals surface area contributed by atoms with Crippen LogP contribution in [0.1, 0.15) is 12.4 Å². The molecule has 4 nitrogen and oxygen atoms in total. The standard InChI is InChI=1S/C74H42N4S2/c1-76-63-41-50(44-75)69(77-64-42-48(53-27-13-11-25-51(53)45-19-5-2-6-20-45)33-35-55(64)59-37-39-61-57-29-15-17-31-66(57)79-73(61)70(59)77)68(47-23-9-4-10-24-47)72(63)78-65-43-49(54-28-14-12-26-52(54)46-21-7-3-8-22-46)34-36-56(65)60-38-40-62-58-30-16-18-32-67(58)80-74(62)71(60)78/h2-43H/i4D,9D,10D,23D,24D. The number of benzene rings is 12. The number of hydrogen-bond donors (Lipinski definition) is 0. The average Bonchev–Trinajstić information content (AvgIpc) is 1.86. The highest BCUT2D eigenvalue weighted by Crippen LogP contribution is 2.52. The Bertz CT molecular complexity index is 5310. The first kappa shape index (κ1) is 40.9. The molecule has 370 valence electrons. The zero-order valence-electron chi connectivity index (χ0n) is 47.5. The predicted octanol–water partition coefficient (Wildman–Crippen LogP) is 21.4. The van der Waals surface area contributed by atoms with Crippen LogP contribution >= 0.6 is 22.7 Å². The van der Waals surface area contributed by atoms with Gasteiger partial charge in [0.2, 0.25) is 5.69 Å². The van der Waals surface area contributed by atoms with Gasteiger partial charge in [-0.25, -0.2) is 4.85 Å². The maximum atomic E-state index is 12.0. The summed E-state index contributed by atoms with van der Waals surface area (Å²) in [6, 6.07) is 76.9. The van der Waals surface area contributed by atoms with Crippen molar-refractivity contribution >= 4 is 112 Å². The van der Waals surface area contributed by atoms with Crippen molar-refractivity contribution < 1.29 is 6.85 Å². The van der Waals surface area contributed by atoms with Crippen LogP contribution in [0.15, 0.2) is 255 Å². The second-order valence-corrected chi connectivity index (χ2v) is 22.2. The van der Waals surface area contributed by atoms with E-state index in [1.54, 1.807) is 28.7 Å². The summed E-state index contributed by atoms with van der Waals surface area (Å²) in [6.07, 6.45) is 0. The zero-order chi connectivity index (χ0) is 57.4. The van der Waals surface area contributed by atoms with Crippen molar-refractivity contribution in [1.82, 2.24) is 9.13 Å². The fourth-order valence-corrected chi connectivity index (χ4v) is 14.9. The lowest BCUT2D eigenvalue weighted by Crippen LogP contribution is -2.07. The van der Waals surface area contributed by atoms with Gasteiger partial charge in [-0.3, -0.25) is 0 Å². The van der Waals surface area contributed by atoms with Crippen LogP contribution in [0.2, 0.25) is 0 Å². The van der Waals surface area contributed by atoms with Crippen LogP contribution in [0.25, 0.3) is 156 Å². The minimum Gasteiger partial charge on any atom is -0.317 e. The van der Waals surface area contributed by atoms with Crippen molar-refractivity contribution in [3.05, 3.63) is 272 Å². The normalized spacial score (nSPS) is 12.6. The molecule has 16 aromatic rings. The Hall–Kier alpha value is -10.3. The summed E-state index contributed by atoms with van der Waals surface area (Å²) in [5.41, 5.74) is 11.7. The van der Waals surface area contributed by atoms with Gasteiger partial charge in [0.05, 0.1) is 61.8 Å². The minimum atomic E-state index is -0.556. The fraction of sp³-hybridized carbons (Fsp3) is 0. The molecule has 0 bridgehead atoms. The second-order valence-electron chi connectivity index (χ2n) is 20.1. The van der Waals surface area contributed by atoms with Crippen LogP contribution in [0.4, 0.5) is 5.69 Å². The van der Waals surface area contributed by atoms with Crippen molar-refractivity contribution in [1.29, 1.82) is 5.26 Å². The van der Waals surface area contributed by atoms with E-state index in [9.17, 15) is 17.3 Å². The Kier molecular flexibility index (Phi) is 9.26. The van der Waals surface area contributed by atoms with Crippen molar-refractivity contribution in [3.63, 3.8) is 0 Å². The highest BCUT2D eigenvalue weighted by molar-refractivity contribution is 7.27. The van der Waals surface area contributed by atoms with Crippen LogP contribution < -0.4 is 0 Å². The number of hydrogen-bond acceptors (Lipinski definition) is 3. The molecule has 0 radical (unpaired) electrons. The second kappa shape index (κ2) is 18.1. The molecule has 4 heterocycles. The van der Waals surface area contributed by atoms with Crippen LogP contribution in [0, 0.1) is 17.9 Å². The van der Waals surface area contributed by atoms with Crippen LogP contribution in [-0.2, 0) is 0 Å². The number of nitrogens with zero attached hydrogens (tertiary/aromatic N) is 4. The van der Waals surface area contributed by atoms with E-state index in [1.165, 1.54) is 0 Å². The number of nitriles is 1. The topological polar surface area (TPSA) is 38.0 Å². The number of aromatic nitrogens is 2. The zero-order valence-corrected chi connectivity index (χ0v) is 44.1. The molecule has 0 unspecified atom stereocenters. The molecule has 0 aliphatic carbocycles. The Morgan fingerprint density at radius 3 is 1.31 bits per heavy atom. The Labute approximate surface area is 475 Å². The highest BCUT2D eigenvalue weighted by Gasteiger charge is 2.30. The van der Waals surface area contributed by atoms with Gasteiger partial charge in [0.1, 0.15) is 6.07 Å².